The van der Waals surface area contributed by atoms with Crippen LogP contribution in [0.15, 0.2) is 24.7 Å². The molecule has 0 saturated heterocycles. The van der Waals surface area contributed by atoms with Crippen molar-refractivity contribution in [1.29, 1.82) is 0 Å². The summed E-state index contributed by atoms with van der Waals surface area (Å²) in [5.74, 6) is 0.475. The van der Waals surface area contributed by atoms with Gasteiger partial charge in [0.25, 0.3) is 5.69 Å². The van der Waals surface area contributed by atoms with Crippen molar-refractivity contribution in [3.05, 3.63) is 45.9 Å². The average molecular weight is 233 g/mol. The maximum atomic E-state index is 10.7. The number of anilines is 1. The molecule has 2 rings (SSSR count). The Morgan fingerprint density at radius 1 is 1.53 bits per heavy atom. The van der Waals surface area contributed by atoms with Crippen molar-refractivity contribution in [3.8, 4) is 0 Å². The lowest BCUT2D eigenvalue weighted by molar-refractivity contribution is -0.385. The number of aromatic nitrogens is 3. The second-order valence-corrected chi connectivity index (χ2v) is 3.57. The Morgan fingerprint density at radius 2 is 2.35 bits per heavy atom. The molecule has 0 aliphatic rings. The number of hydrogen-bond acceptors (Lipinski definition) is 5. The van der Waals surface area contributed by atoms with Crippen LogP contribution in [0.2, 0.25) is 0 Å². The van der Waals surface area contributed by atoms with Crippen LogP contribution in [0, 0.1) is 17.0 Å². The van der Waals surface area contributed by atoms with Gasteiger partial charge in [0.2, 0.25) is 0 Å². The van der Waals surface area contributed by atoms with E-state index in [9.17, 15) is 10.1 Å². The van der Waals surface area contributed by atoms with E-state index in [1.165, 1.54) is 12.3 Å². The van der Waals surface area contributed by atoms with Gasteiger partial charge in [-0.2, -0.15) is 5.10 Å². The van der Waals surface area contributed by atoms with E-state index in [0.717, 1.165) is 5.56 Å². The lowest BCUT2D eigenvalue weighted by Gasteiger charge is -2.04. The monoisotopic (exact) mass is 233 g/mol. The Bertz CT molecular complexity index is 523. The molecule has 7 heteroatoms. The molecule has 0 bridgehead atoms. The van der Waals surface area contributed by atoms with Crippen LogP contribution in [0.25, 0.3) is 0 Å². The summed E-state index contributed by atoms with van der Waals surface area (Å²) in [6.07, 6.45) is 4.90. The molecule has 0 aliphatic heterocycles. The van der Waals surface area contributed by atoms with Gasteiger partial charge in [0.1, 0.15) is 5.82 Å². The number of nitrogens with one attached hydrogen (secondary N) is 2. The van der Waals surface area contributed by atoms with E-state index in [4.69, 9.17) is 0 Å². The first-order valence-electron chi connectivity index (χ1n) is 4.99. The van der Waals surface area contributed by atoms with E-state index >= 15 is 0 Å². The molecule has 0 amide bonds. The first-order chi connectivity index (χ1) is 8.16. The molecule has 88 valence electrons. The zero-order valence-electron chi connectivity index (χ0n) is 9.17. The Morgan fingerprint density at radius 3 is 3.00 bits per heavy atom. The Labute approximate surface area is 97.0 Å². The van der Waals surface area contributed by atoms with Crippen molar-refractivity contribution < 1.29 is 4.92 Å². The van der Waals surface area contributed by atoms with Gasteiger partial charge in [-0.05, 0) is 6.92 Å². The molecular formula is C10H11N5O2. The molecule has 0 spiro atoms. The predicted molar refractivity (Wildman–Crippen MR) is 61.5 cm³/mol. The van der Waals surface area contributed by atoms with Gasteiger partial charge in [-0.25, -0.2) is 4.98 Å². The predicted octanol–water partition coefficient (Wildman–Crippen LogP) is 1.63. The van der Waals surface area contributed by atoms with Crippen molar-refractivity contribution in [1.82, 2.24) is 15.2 Å². The van der Waals surface area contributed by atoms with Crippen LogP contribution in [0.1, 0.15) is 11.1 Å². The van der Waals surface area contributed by atoms with Gasteiger partial charge >= 0.3 is 0 Å². The molecule has 2 aromatic rings. The molecule has 2 aromatic heterocycles. The number of aryl methyl sites for hydroxylation is 1. The number of nitro groups is 1. The van der Waals surface area contributed by atoms with Gasteiger partial charge in [-0.15, -0.1) is 0 Å². The maximum Gasteiger partial charge on any atom is 0.277 e. The minimum atomic E-state index is -0.417. The molecule has 2 heterocycles. The third-order valence-corrected chi connectivity index (χ3v) is 2.30. The van der Waals surface area contributed by atoms with Crippen LogP contribution in [-0.2, 0) is 6.54 Å². The van der Waals surface area contributed by atoms with Crippen molar-refractivity contribution in [2.75, 3.05) is 5.32 Å². The fourth-order valence-electron chi connectivity index (χ4n) is 1.37. The third-order valence-electron chi connectivity index (χ3n) is 2.30. The van der Waals surface area contributed by atoms with Crippen molar-refractivity contribution >= 4 is 11.5 Å². The normalized spacial score (nSPS) is 10.2. The highest BCUT2D eigenvalue weighted by atomic mass is 16.6. The van der Waals surface area contributed by atoms with Crippen LogP contribution >= 0.6 is 0 Å². The van der Waals surface area contributed by atoms with Gasteiger partial charge in [0.05, 0.1) is 17.2 Å². The van der Waals surface area contributed by atoms with Gasteiger partial charge in [-0.1, -0.05) is 0 Å². The number of pyridine rings is 1. The zero-order chi connectivity index (χ0) is 12.3. The van der Waals surface area contributed by atoms with Crippen LogP contribution in [0.4, 0.5) is 11.5 Å². The second kappa shape index (κ2) is 4.60. The fourth-order valence-corrected chi connectivity index (χ4v) is 1.37. The smallest absolute Gasteiger partial charge is 0.277 e. The summed E-state index contributed by atoms with van der Waals surface area (Å²) in [4.78, 5) is 14.4. The lowest BCUT2D eigenvalue weighted by Crippen LogP contribution is -2.02. The molecule has 0 radical (unpaired) electrons. The van der Waals surface area contributed by atoms with E-state index in [0.29, 0.717) is 17.9 Å². The minimum absolute atomic E-state index is 0.0645. The van der Waals surface area contributed by atoms with E-state index in [1.807, 2.05) is 0 Å². The zero-order valence-corrected chi connectivity index (χ0v) is 9.17. The minimum Gasteiger partial charge on any atom is -0.366 e. The molecular weight excluding hydrogens is 222 g/mol. The molecule has 17 heavy (non-hydrogen) atoms. The molecule has 0 atom stereocenters. The van der Waals surface area contributed by atoms with Gasteiger partial charge in [0, 0.05) is 30.1 Å². The number of hydrogen-bond donors (Lipinski definition) is 2. The van der Waals surface area contributed by atoms with Crippen LogP contribution < -0.4 is 5.32 Å². The Hall–Kier alpha value is -2.44. The molecule has 0 fully saturated rings. The van der Waals surface area contributed by atoms with Crippen molar-refractivity contribution in [3.63, 3.8) is 0 Å². The molecule has 2 N–H and O–H groups in total. The van der Waals surface area contributed by atoms with Crippen molar-refractivity contribution in [2.24, 2.45) is 0 Å². The molecule has 0 aromatic carbocycles. The third kappa shape index (κ3) is 2.57. The Balaban J connectivity index is 2.11. The first-order valence-corrected chi connectivity index (χ1v) is 4.99. The van der Waals surface area contributed by atoms with Crippen molar-refractivity contribution in [2.45, 2.75) is 13.5 Å². The topological polar surface area (TPSA) is 96.7 Å². The number of rotatable bonds is 4. The summed E-state index contributed by atoms with van der Waals surface area (Å²) >= 11 is 0. The molecule has 0 unspecified atom stereocenters. The highest BCUT2D eigenvalue weighted by Crippen LogP contribution is 2.20. The summed E-state index contributed by atoms with van der Waals surface area (Å²) in [6, 6.07) is 1.43. The van der Waals surface area contributed by atoms with E-state index < -0.39 is 4.92 Å². The van der Waals surface area contributed by atoms with Gasteiger partial charge < -0.3 is 5.32 Å². The number of aromatic amines is 1. The molecule has 0 saturated carbocycles. The summed E-state index contributed by atoms with van der Waals surface area (Å²) in [5, 5.41) is 20.2. The van der Waals surface area contributed by atoms with E-state index in [2.05, 4.69) is 20.5 Å². The summed E-state index contributed by atoms with van der Waals surface area (Å²) in [5.41, 5.74) is 1.56. The highest BCUT2D eigenvalue weighted by Gasteiger charge is 2.11. The van der Waals surface area contributed by atoms with Crippen LogP contribution in [0.3, 0.4) is 0 Å². The standard InChI is InChI=1S/C10H11N5O2/c1-7-3-11-10(2-9(7)15(16)17)12-4-8-5-13-14-6-8/h2-3,5-6H,4H2,1H3,(H,11,12)(H,13,14). The summed E-state index contributed by atoms with van der Waals surface area (Å²) in [7, 11) is 0. The number of nitrogens with zero attached hydrogens (tertiary/aromatic N) is 3. The summed E-state index contributed by atoms with van der Waals surface area (Å²) in [6.45, 7) is 2.18. The van der Waals surface area contributed by atoms with Crippen LogP contribution in [-0.4, -0.2) is 20.1 Å². The highest BCUT2D eigenvalue weighted by molar-refractivity contribution is 5.49. The van der Waals surface area contributed by atoms with Gasteiger partial charge in [-0.3, -0.25) is 15.2 Å². The largest absolute Gasteiger partial charge is 0.366 e. The maximum absolute atomic E-state index is 10.7. The van der Waals surface area contributed by atoms with Crippen LogP contribution in [0.5, 0.6) is 0 Å². The SMILES string of the molecule is Cc1cnc(NCc2cn[nH]c2)cc1[N+](=O)[O-]. The quantitative estimate of drug-likeness (QED) is 0.618. The fraction of sp³-hybridized carbons (Fsp3) is 0.200. The molecule has 0 aliphatic carbocycles. The van der Waals surface area contributed by atoms with Gasteiger partial charge in [0.15, 0.2) is 0 Å². The average Bonchev–Trinajstić information content (AvgIpc) is 2.80. The second-order valence-electron chi connectivity index (χ2n) is 3.57. The Kier molecular flexibility index (Phi) is 2.99. The van der Waals surface area contributed by atoms with E-state index in [1.54, 1.807) is 19.3 Å². The first kappa shape index (κ1) is 11.1. The molecule has 7 nitrogen and oxygen atoms in total. The lowest BCUT2D eigenvalue weighted by atomic mass is 10.2. The van der Waals surface area contributed by atoms with E-state index in [-0.39, 0.29) is 5.69 Å². The summed E-state index contributed by atoms with van der Waals surface area (Å²) < 4.78 is 0. The number of H-pyrrole nitrogens is 1.